The molecule has 35 heavy (non-hydrogen) atoms. The van der Waals surface area contributed by atoms with Crippen LogP contribution in [0, 0.1) is 11.8 Å². The van der Waals surface area contributed by atoms with E-state index in [0.717, 1.165) is 35.1 Å². The molecule has 2 heterocycles. The molecule has 2 unspecified atom stereocenters. The summed E-state index contributed by atoms with van der Waals surface area (Å²) in [5.74, 6) is -1.49. The van der Waals surface area contributed by atoms with E-state index in [9.17, 15) is 19.5 Å². The number of amides is 2. The first kappa shape index (κ1) is 23.4. The first-order valence-electron chi connectivity index (χ1n) is 12.5. The maximum atomic E-state index is 13.5. The number of nitrogens with zero attached hydrogens (tertiary/aromatic N) is 1. The summed E-state index contributed by atoms with van der Waals surface area (Å²) in [6.45, 7) is 3.99. The molecular formula is C28H32N2O5. The van der Waals surface area contributed by atoms with Crippen LogP contribution in [0.2, 0.25) is 0 Å². The van der Waals surface area contributed by atoms with Crippen LogP contribution in [0.3, 0.4) is 0 Å². The molecule has 2 aromatic carbocycles. The number of carboxylic acids is 1. The molecule has 3 aliphatic rings. The Morgan fingerprint density at radius 2 is 1.51 bits per heavy atom. The average Bonchev–Trinajstić information content (AvgIpc) is 3.30. The van der Waals surface area contributed by atoms with Crippen LogP contribution in [-0.2, 0) is 14.3 Å². The number of fused-ring (bicyclic) bond motifs is 5. The lowest BCUT2D eigenvalue weighted by Crippen LogP contribution is -2.57. The van der Waals surface area contributed by atoms with Crippen LogP contribution in [0.4, 0.5) is 4.79 Å². The van der Waals surface area contributed by atoms with Crippen molar-refractivity contribution in [1.29, 1.82) is 0 Å². The van der Waals surface area contributed by atoms with Gasteiger partial charge in [-0.3, -0.25) is 9.59 Å². The summed E-state index contributed by atoms with van der Waals surface area (Å²) in [6, 6.07) is 15.5. The number of nitrogens with one attached hydrogen (secondary N) is 1. The molecule has 2 amide bonds. The van der Waals surface area contributed by atoms with Gasteiger partial charge >= 0.3 is 12.1 Å². The maximum absolute atomic E-state index is 13.5. The number of alkyl carbamates (subject to hydrolysis) is 1. The lowest BCUT2D eigenvalue weighted by atomic mass is 9.89. The fraction of sp³-hybridized carbons (Fsp3) is 0.464. The summed E-state index contributed by atoms with van der Waals surface area (Å²) in [5, 5.41) is 12.3. The zero-order valence-electron chi connectivity index (χ0n) is 20.1. The molecule has 7 nitrogen and oxygen atoms in total. The Morgan fingerprint density at radius 3 is 2.03 bits per heavy atom. The van der Waals surface area contributed by atoms with Crippen LogP contribution in [0.5, 0.6) is 0 Å². The van der Waals surface area contributed by atoms with Crippen LogP contribution in [0.1, 0.15) is 56.6 Å². The molecule has 0 spiro atoms. The second-order valence-electron chi connectivity index (χ2n) is 10.3. The monoisotopic (exact) mass is 476 g/mol. The minimum atomic E-state index is -0.786. The molecule has 2 aliphatic heterocycles. The predicted molar refractivity (Wildman–Crippen MR) is 131 cm³/mol. The molecule has 3 atom stereocenters. The van der Waals surface area contributed by atoms with Crippen molar-refractivity contribution in [1.82, 2.24) is 10.2 Å². The van der Waals surface area contributed by atoms with Gasteiger partial charge in [0.05, 0.1) is 5.92 Å². The fourth-order valence-corrected chi connectivity index (χ4v) is 6.18. The smallest absolute Gasteiger partial charge is 0.407 e. The number of carbonyl (C=O) groups excluding carboxylic acids is 2. The third kappa shape index (κ3) is 4.28. The van der Waals surface area contributed by atoms with E-state index >= 15 is 0 Å². The Morgan fingerprint density at radius 1 is 0.971 bits per heavy atom. The highest BCUT2D eigenvalue weighted by atomic mass is 16.5. The number of benzene rings is 2. The van der Waals surface area contributed by atoms with Crippen LogP contribution in [0.25, 0.3) is 11.1 Å². The van der Waals surface area contributed by atoms with Gasteiger partial charge in [-0.25, -0.2) is 4.79 Å². The normalized spacial score (nSPS) is 23.5. The van der Waals surface area contributed by atoms with Crippen LogP contribution in [0.15, 0.2) is 48.5 Å². The predicted octanol–water partition coefficient (Wildman–Crippen LogP) is 4.40. The van der Waals surface area contributed by atoms with Gasteiger partial charge in [0.25, 0.3) is 0 Å². The molecule has 0 aromatic heterocycles. The van der Waals surface area contributed by atoms with E-state index in [-0.39, 0.29) is 36.4 Å². The summed E-state index contributed by atoms with van der Waals surface area (Å²) in [4.78, 5) is 39.7. The standard InChI is InChI=1S/C28H32N2O5/c1-16(2)25(26(31)30-18-11-12-19(30)14-17(13-18)27(32)33)29-28(34)35-15-24-22-9-5-3-7-20(22)21-8-4-6-10-23(21)24/h3-10,16-19,24-25H,11-15H2,1-2H3,(H,29,34)(H,32,33)/t17?,18?,19?,25-/m0/s1. The molecule has 7 heteroatoms. The topological polar surface area (TPSA) is 95.9 Å². The lowest BCUT2D eigenvalue weighted by Gasteiger charge is -2.40. The molecule has 5 rings (SSSR count). The number of rotatable bonds is 6. The highest BCUT2D eigenvalue weighted by molar-refractivity contribution is 5.87. The van der Waals surface area contributed by atoms with Crippen LogP contribution in [-0.4, -0.2) is 52.7 Å². The van der Waals surface area contributed by atoms with Crippen molar-refractivity contribution in [2.75, 3.05) is 6.61 Å². The third-order valence-electron chi connectivity index (χ3n) is 7.89. The fourth-order valence-electron chi connectivity index (χ4n) is 6.18. The lowest BCUT2D eigenvalue weighted by molar-refractivity contribution is -0.149. The molecule has 1 aliphatic carbocycles. The molecule has 2 bridgehead atoms. The van der Waals surface area contributed by atoms with Crippen LogP contribution >= 0.6 is 0 Å². The molecule has 0 saturated carbocycles. The van der Waals surface area contributed by atoms with E-state index in [4.69, 9.17) is 4.74 Å². The number of aliphatic carboxylic acids is 1. The Hall–Kier alpha value is -3.35. The molecule has 2 fully saturated rings. The largest absolute Gasteiger partial charge is 0.481 e. The highest BCUT2D eigenvalue weighted by Crippen LogP contribution is 2.44. The van der Waals surface area contributed by atoms with Gasteiger partial charge in [0, 0.05) is 18.0 Å². The summed E-state index contributed by atoms with van der Waals surface area (Å²) < 4.78 is 5.68. The van der Waals surface area contributed by atoms with Crippen molar-refractivity contribution in [3.05, 3.63) is 59.7 Å². The van der Waals surface area contributed by atoms with Crippen molar-refractivity contribution in [2.45, 2.75) is 63.6 Å². The van der Waals surface area contributed by atoms with Crippen molar-refractivity contribution in [3.8, 4) is 11.1 Å². The molecular weight excluding hydrogens is 444 g/mol. The average molecular weight is 477 g/mol. The first-order valence-corrected chi connectivity index (χ1v) is 12.5. The van der Waals surface area contributed by atoms with Crippen molar-refractivity contribution in [3.63, 3.8) is 0 Å². The molecule has 2 aromatic rings. The Labute approximate surface area is 205 Å². The number of carbonyl (C=O) groups is 3. The van der Waals surface area contributed by atoms with Gasteiger partial charge in [0.15, 0.2) is 0 Å². The van der Waals surface area contributed by atoms with E-state index in [1.165, 1.54) is 0 Å². The molecule has 2 N–H and O–H groups in total. The first-order chi connectivity index (χ1) is 16.8. The summed E-state index contributed by atoms with van der Waals surface area (Å²) in [6.07, 6.45) is 1.98. The van der Waals surface area contributed by atoms with Gasteiger partial charge in [-0.1, -0.05) is 62.4 Å². The third-order valence-corrected chi connectivity index (χ3v) is 7.89. The van der Waals surface area contributed by atoms with Gasteiger partial charge in [-0.15, -0.1) is 0 Å². The Kier molecular flexibility index (Phi) is 6.26. The van der Waals surface area contributed by atoms with E-state index in [1.807, 2.05) is 43.0 Å². The van der Waals surface area contributed by atoms with Gasteiger partial charge in [-0.2, -0.15) is 0 Å². The number of ether oxygens (including phenoxy) is 1. The second-order valence-corrected chi connectivity index (χ2v) is 10.3. The number of hydrogen-bond donors (Lipinski definition) is 2. The maximum Gasteiger partial charge on any atom is 0.407 e. The van der Waals surface area contributed by atoms with E-state index in [1.54, 1.807) is 0 Å². The summed E-state index contributed by atoms with van der Waals surface area (Å²) >= 11 is 0. The number of hydrogen-bond acceptors (Lipinski definition) is 4. The SMILES string of the molecule is CC(C)[C@H](NC(=O)OCC1c2ccccc2-c2ccccc21)C(=O)N1C2CCC1CC(C(=O)O)C2. The van der Waals surface area contributed by atoms with Gasteiger partial charge in [-0.05, 0) is 53.9 Å². The van der Waals surface area contributed by atoms with E-state index in [0.29, 0.717) is 12.8 Å². The minimum Gasteiger partial charge on any atom is -0.481 e. The summed E-state index contributed by atoms with van der Waals surface area (Å²) in [7, 11) is 0. The van der Waals surface area contributed by atoms with Crippen molar-refractivity contribution >= 4 is 18.0 Å². The minimum absolute atomic E-state index is 0.0488. The van der Waals surface area contributed by atoms with Gasteiger partial charge in [0.2, 0.25) is 5.91 Å². The number of piperidine rings is 1. The van der Waals surface area contributed by atoms with Gasteiger partial charge in [0.1, 0.15) is 12.6 Å². The molecule has 2 saturated heterocycles. The zero-order chi connectivity index (χ0) is 24.7. The van der Waals surface area contributed by atoms with E-state index in [2.05, 4.69) is 29.6 Å². The van der Waals surface area contributed by atoms with Crippen LogP contribution < -0.4 is 5.32 Å². The molecule has 184 valence electrons. The van der Waals surface area contributed by atoms with Crippen molar-refractivity contribution < 1.29 is 24.2 Å². The quantitative estimate of drug-likeness (QED) is 0.644. The Balaban J connectivity index is 1.25. The van der Waals surface area contributed by atoms with Crippen molar-refractivity contribution in [2.24, 2.45) is 11.8 Å². The Bertz CT molecular complexity index is 1090. The summed E-state index contributed by atoms with van der Waals surface area (Å²) in [5.41, 5.74) is 4.59. The zero-order valence-corrected chi connectivity index (χ0v) is 20.1. The highest BCUT2D eigenvalue weighted by Gasteiger charge is 2.47. The number of carboxylic acid groups (broad SMARTS) is 1. The second kappa shape index (κ2) is 9.36. The van der Waals surface area contributed by atoms with E-state index < -0.39 is 24.0 Å². The van der Waals surface area contributed by atoms with Gasteiger partial charge < -0.3 is 20.1 Å². The molecule has 0 radical (unpaired) electrons.